The maximum absolute atomic E-state index is 12.1. The van der Waals surface area contributed by atoms with Crippen molar-refractivity contribution in [1.82, 2.24) is 5.32 Å². The van der Waals surface area contributed by atoms with Crippen LogP contribution in [0.3, 0.4) is 0 Å². The van der Waals surface area contributed by atoms with Crippen molar-refractivity contribution in [2.45, 2.75) is 18.9 Å². The summed E-state index contributed by atoms with van der Waals surface area (Å²) in [6.07, 6.45) is 1.86. The molecule has 2 N–H and O–H groups in total. The van der Waals surface area contributed by atoms with Crippen LogP contribution in [0.5, 0.6) is 17.2 Å². The van der Waals surface area contributed by atoms with Crippen molar-refractivity contribution in [2.24, 2.45) is 0 Å². The lowest BCUT2D eigenvalue weighted by atomic mass is 10.2. The summed E-state index contributed by atoms with van der Waals surface area (Å²) in [6.45, 7) is 0.876. The van der Waals surface area contributed by atoms with Gasteiger partial charge in [0.05, 0.1) is 33.1 Å². The molecule has 0 saturated carbocycles. The monoisotopic (exact) mass is 280 g/mol. The smallest absolute Gasteiger partial charge is 0.241 e. The Morgan fingerprint density at radius 3 is 2.50 bits per heavy atom. The van der Waals surface area contributed by atoms with Crippen molar-refractivity contribution in [2.75, 3.05) is 33.2 Å². The normalized spacial score (nSPS) is 17.6. The highest BCUT2D eigenvalue weighted by molar-refractivity contribution is 5.97. The van der Waals surface area contributed by atoms with Crippen LogP contribution >= 0.6 is 0 Å². The molecule has 6 heteroatoms. The van der Waals surface area contributed by atoms with Crippen LogP contribution in [0, 0.1) is 0 Å². The average molecular weight is 280 g/mol. The van der Waals surface area contributed by atoms with Gasteiger partial charge in [-0.2, -0.15) is 0 Å². The Bertz CT molecular complexity index is 484. The molecule has 1 fully saturated rings. The Kier molecular flexibility index (Phi) is 4.68. The molecular formula is C14H20N2O4. The standard InChI is InChI=1S/C14H20N2O4/c1-18-11-7-6-9(12(19-2)13(11)20-3)16-14(17)10-5-4-8-15-10/h6-7,10,15H,4-5,8H2,1-3H3,(H,16,17)/t10-/m0/s1. The summed E-state index contributed by atoms with van der Waals surface area (Å²) in [4.78, 5) is 12.1. The number of carbonyl (C=O) groups is 1. The third-order valence-electron chi connectivity index (χ3n) is 3.34. The molecule has 1 amide bonds. The topological polar surface area (TPSA) is 68.8 Å². The van der Waals surface area contributed by atoms with Crippen LogP contribution in [0.25, 0.3) is 0 Å². The Hall–Kier alpha value is -1.95. The van der Waals surface area contributed by atoms with Gasteiger partial charge < -0.3 is 24.8 Å². The van der Waals surface area contributed by atoms with Gasteiger partial charge in [0, 0.05) is 0 Å². The third kappa shape index (κ3) is 2.80. The summed E-state index contributed by atoms with van der Waals surface area (Å²) in [5.41, 5.74) is 0.573. The summed E-state index contributed by atoms with van der Waals surface area (Å²) in [6, 6.07) is 3.33. The molecule has 2 rings (SSSR count). The average Bonchev–Trinajstić information content (AvgIpc) is 3.00. The maximum Gasteiger partial charge on any atom is 0.241 e. The second-order valence-electron chi connectivity index (χ2n) is 4.52. The molecule has 1 aromatic carbocycles. The van der Waals surface area contributed by atoms with E-state index in [1.54, 1.807) is 19.2 Å². The van der Waals surface area contributed by atoms with E-state index >= 15 is 0 Å². The van der Waals surface area contributed by atoms with Crippen LogP contribution in [0.4, 0.5) is 5.69 Å². The second-order valence-corrected chi connectivity index (χ2v) is 4.52. The van der Waals surface area contributed by atoms with E-state index in [1.807, 2.05) is 0 Å². The predicted octanol–water partition coefficient (Wildman–Crippen LogP) is 1.40. The molecule has 1 aromatic rings. The van der Waals surface area contributed by atoms with E-state index in [1.165, 1.54) is 14.2 Å². The predicted molar refractivity (Wildman–Crippen MR) is 75.8 cm³/mol. The molecule has 1 saturated heterocycles. The molecule has 20 heavy (non-hydrogen) atoms. The summed E-state index contributed by atoms with van der Waals surface area (Å²) in [5, 5.41) is 6.02. The Morgan fingerprint density at radius 2 is 1.95 bits per heavy atom. The number of anilines is 1. The largest absolute Gasteiger partial charge is 0.493 e. The molecule has 6 nitrogen and oxygen atoms in total. The van der Waals surface area contributed by atoms with Crippen LogP contribution in [0.1, 0.15) is 12.8 Å². The van der Waals surface area contributed by atoms with Crippen LogP contribution < -0.4 is 24.8 Å². The molecule has 0 radical (unpaired) electrons. The third-order valence-corrected chi connectivity index (χ3v) is 3.34. The van der Waals surface area contributed by atoms with Crippen LogP contribution in [-0.4, -0.2) is 39.8 Å². The molecule has 0 unspecified atom stereocenters. The summed E-state index contributed by atoms with van der Waals surface area (Å²) in [7, 11) is 4.61. The Morgan fingerprint density at radius 1 is 1.20 bits per heavy atom. The number of methoxy groups -OCH3 is 3. The first-order valence-electron chi connectivity index (χ1n) is 6.54. The van der Waals surface area contributed by atoms with Gasteiger partial charge in [-0.05, 0) is 31.5 Å². The zero-order chi connectivity index (χ0) is 14.5. The fourth-order valence-electron chi connectivity index (χ4n) is 2.33. The van der Waals surface area contributed by atoms with Crippen molar-refractivity contribution < 1.29 is 19.0 Å². The van der Waals surface area contributed by atoms with Crippen molar-refractivity contribution in [3.63, 3.8) is 0 Å². The molecule has 0 aromatic heterocycles. The van der Waals surface area contributed by atoms with Crippen molar-refractivity contribution in [1.29, 1.82) is 0 Å². The highest BCUT2D eigenvalue weighted by Crippen LogP contribution is 2.42. The lowest BCUT2D eigenvalue weighted by Crippen LogP contribution is -2.35. The van der Waals surface area contributed by atoms with E-state index in [-0.39, 0.29) is 11.9 Å². The number of rotatable bonds is 5. The minimum absolute atomic E-state index is 0.0620. The zero-order valence-corrected chi connectivity index (χ0v) is 12.0. The van der Waals surface area contributed by atoms with Crippen LogP contribution in [0.15, 0.2) is 12.1 Å². The second kappa shape index (κ2) is 6.47. The fraction of sp³-hybridized carbons (Fsp3) is 0.500. The Labute approximate surface area is 118 Å². The number of carbonyl (C=O) groups excluding carboxylic acids is 1. The molecule has 0 bridgehead atoms. The number of hydrogen-bond acceptors (Lipinski definition) is 5. The van der Waals surface area contributed by atoms with Gasteiger partial charge in [-0.25, -0.2) is 0 Å². The molecule has 0 spiro atoms. The fourth-order valence-corrected chi connectivity index (χ4v) is 2.33. The quantitative estimate of drug-likeness (QED) is 0.853. The highest BCUT2D eigenvalue weighted by atomic mass is 16.5. The summed E-state index contributed by atoms with van der Waals surface area (Å²) < 4.78 is 15.8. The van der Waals surface area contributed by atoms with Crippen molar-refractivity contribution in [3.8, 4) is 17.2 Å². The number of benzene rings is 1. The van der Waals surface area contributed by atoms with Crippen LogP contribution in [-0.2, 0) is 4.79 Å². The van der Waals surface area contributed by atoms with E-state index in [2.05, 4.69) is 10.6 Å². The van der Waals surface area contributed by atoms with E-state index in [0.29, 0.717) is 22.9 Å². The van der Waals surface area contributed by atoms with E-state index in [9.17, 15) is 4.79 Å². The van der Waals surface area contributed by atoms with Gasteiger partial charge in [0.1, 0.15) is 0 Å². The summed E-state index contributed by atoms with van der Waals surface area (Å²) >= 11 is 0. The first-order valence-corrected chi connectivity index (χ1v) is 6.54. The van der Waals surface area contributed by atoms with E-state index < -0.39 is 0 Å². The van der Waals surface area contributed by atoms with Gasteiger partial charge in [0.25, 0.3) is 0 Å². The maximum atomic E-state index is 12.1. The van der Waals surface area contributed by atoms with Gasteiger partial charge in [-0.3, -0.25) is 4.79 Å². The van der Waals surface area contributed by atoms with E-state index in [0.717, 1.165) is 19.4 Å². The number of nitrogens with one attached hydrogen (secondary N) is 2. The van der Waals surface area contributed by atoms with Crippen molar-refractivity contribution >= 4 is 11.6 Å². The molecular weight excluding hydrogens is 260 g/mol. The zero-order valence-electron chi connectivity index (χ0n) is 12.0. The van der Waals surface area contributed by atoms with Crippen LogP contribution in [0.2, 0.25) is 0 Å². The summed E-state index contributed by atoms with van der Waals surface area (Å²) in [5.74, 6) is 1.42. The molecule has 1 atom stereocenters. The molecule has 110 valence electrons. The van der Waals surface area contributed by atoms with Gasteiger partial charge in [-0.15, -0.1) is 0 Å². The highest BCUT2D eigenvalue weighted by Gasteiger charge is 2.24. The minimum Gasteiger partial charge on any atom is -0.493 e. The lowest BCUT2D eigenvalue weighted by Gasteiger charge is -2.17. The first kappa shape index (κ1) is 14.5. The molecule has 1 aliphatic rings. The number of ether oxygens (including phenoxy) is 3. The Balaban J connectivity index is 2.24. The van der Waals surface area contributed by atoms with Gasteiger partial charge in [0.2, 0.25) is 11.7 Å². The minimum atomic E-state index is -0.146. The lowest BCUT2D eigenvalue weighted by molar-refractivity contribution is -0.117. The SMILES string of the molecule is COc1ccc(NC(=O)[C@@H]2CCCN2)c(OC)c1OC. The van der Waals surface area contributed by atoms with Gasteiger partial charge in [-0.1, -0.05) is 0 Å². The number of hydrogen-bond donors (Lipinski definition) is 2. The number of amides is 1. The van der Waals surface area contributed by atoms with Gasteiger partial charge >= 0.3 is 0 Å². The molecule has 1 aliphatic heterocycles. The molecule has 1 heterocycles. The molecule has 0 aliphatic carbocycles. The first-order chi connectivity index (χ1) is 9.71. The van der Waals surface area contributed by atoms with E-state index in [4.69, 9.17) is 14.2 Å². The van der Waals surface area contributed by atoms with Gasteiger partial charge in [0.15, 0.2) is 11.5 Å². The van der Waals surface area contributed by atoms with Crippen molar-refractivity contribution in [3.05, 3.63) is 12.1 Å².